The quantitative estimate of drug-likeness (QED) is 0.872. The van der Waals surface area contributed by atoms with Crippen LogP contribution in [0.5, 0.6) is 5.75 Å². The van der Waals surface area contributed by atoms with E-state index in [4.69, 9.17) is 4.74 Å². The van der Waals surface area contributed by atoms with E-state index in [0.717, 1.165) is 25.2 Å². The molecule has 1 aromatic rings. The number of hydrogen-bond acceptors (Lipinski definition) is 3. The normalized spacial score (nSPS) is 15.7. The summed E-state index contributed by atoms with van der Waals surface area (Å²) in [5, 5.41) is 5.73. The summed E-state index contributed by atoms with van der Waals surface area (Å²) >= 11 is 0. The Balaban J connectivity index is 0.00000264. The summed E-state index contributed by atoms with van der Waals surface area (Å²) in [6.45, 7) is 3.51. The van der Waals surface area contributed by atoms with Gasteiger partial charge in [0.15, 0.2) is 0 Å². The van der Waals surface area contributed by atoms with Crippen molar-refractivity contribution in [2.24, 2.45) is 5.92 Å². The summed E-state index contributed by atoms with van der Waals surface area (Å²) in [4.78, 5) is 12.2. The fourth-order valence-corrected chi connectivity index (χ4v) is 2.40. The van der Waals surface area contributed by atoms with E-state index < -0.39 is 11.7 Å². The number of rotatable bonds is 4. The molecule has 23 heavy (non-hydrogen) atoms. The minimum atomic E-state index is -4.46. The molecule has 1 aliphatic rings. The number of carbonyl (C=O) groups excluding carboxylic acids is 1. The summed E-state index contributed by atoms with van der Waals surface area (Å²) < 4.78 is 43.7. The fourth-order valence-electron chi connectivity index (χ4n) is 2.40. The largest absolute Gasteiger partial charge is 0.492 e. The Kier molecular flexibility index (Phi) is 7.15. The lowest BCUT2D eigenvalue weighted by molar-refractivity contribution is -0.137. The molecule has 0 atom stereocenters. The van der Waals surface area contributed by atoms with Gasteiger partial charge in [0.1, 0.15) is 5.75 Å². The molecule has 0 aromatic heterocycles. The Morgan fingerprint density at radius 2 is 2.00 bits per heavy atom. The Morgan fingerprint density at radius 1 is 1.35 bits per heavy atom. The molecule has 1 fully saturated rings. The van der Waals surface area contributed by atoms with E-state index in [1.165, 1.54) is 6.07 Å². The number of ether oxygens (including phenoxy) is 1. The molecule has 2 rings (SSSR count). The number of amides is 1. The van der Waals surface area contributed by atoms with Crippen LogP contribution in [0.4, 0.5) is 18.9 Å². The lowest BCUT2D eigenvalue weighted by Crippen LogP contribution is -2.34. The second-order valence-electron chi connectivity index (χ2n) is 5.16. The molecule has 0 unspecified atom stereocenters. The van der Waals surface area contributed by atoms with Gasteiger partial charge in [-0.3, -0.25) is 4.79 Å². The van der Waals surface area contributed by atoms with Crippen LogP contribution in [0.2, 0.25) is 0 Å². The van der Waals surface area contributed by atoms with Gasteiger partial charge in [0.25, 0.3) is 0 Å². The van der Waals surface area contributed by atoms with E-state index in [1.807, 2.05) is 0 Å². The third kappa shape index (κ3) is 5.28. The van der Waals surface area contributed by atoms with E-state index in [-0.39, 0.29) is 35.7 Å². The molecule has 0 saturated carbocycles. The van der Waals surface area contributed by atoms with Crippen LogP contribution in [-0.4, -0.2) is 25.6 Å². The van der Waals surface area contributed by atoms with Crippen LogP contribution in [0.1, 0.15) is 25.3 Å². The molecule has 1 heterocycles. The molecule has 2 N–H and O–H groups in total. The van der Waals surface area contributed by atoms with Crippen LogP contribution in [-0.2, 0) is 11.0 Å². The van der Waals surface area contributed by atoms with E-state index in [0.29, 0.717) is 19.4 Å². The average Bonchev–Trinajstić information content (AvgIpc) is 2.49. The number of nitrogens with one attached hydrogen (secondary N) is 2. The Hall–Kier alpha value is -1.47. The molecule has 0 spiro atoms. The number of hydrogen-bond donors (Lipinski definition) is 2. The molecular formula is C15H20ClF3N2O2. The molecule has 1 amide bonds. The van der Waals surface area contributed by atoms with E-state index >= 15 is 0 Å². The standard InChI is InChI=1S/C15H19F3N2O2.ClH/c1-2-22-13-4-3-11(15(16,17)18)9-12(13)20-14(21)10-5-7-19-8-6-10;/h3-4,9-10,19H,2,5-8H2,1H3,(H,20,21);1H. The lowest BCUT2D eigenvalue weighted by atomic mass is 9.97. The van der Waals surface area contributed by atoms with E-state index in [1.54, 1.807) is 6.92 Å². The molecule has 8 heteroatoms. The Bertz CT molecular complexity index is 532. The van der Waals surface area contributed by atoms with Gasteiger partial charge in [-0.2, -0.15) is 13.2 Å². The third-order valence-corrected chi connectivity index (χ3v) is 3.57. The molecule has 1 saturated heterocycles. The predicted molar refractivity (Wildman–Crippen MR) is 84.1 cm³/mol. The van der Waals surface area contributed by atoms with Crippen molar-refractivity contribution in [3.05, 3.63) is 23.8 Å². The Labute approximate surface area is 139 Å². The van der Waals surface area contributed by atoms with Crippen LogP contribution in [0.25, 0.3) is 0 Å². The fraction of sp³-hybridized carbons (Fsp3) is 0.533. The molecule has 4 nitrogen and oxygen atoms in total. The van der Waals surface area contributed by atoms with Crippen molar-refractivity contribution in [1.29, 1.82) is 0 Å². The first kappa shape index (κ1) is 19.6. The first-order valence-electron chi connectivity index (χ1n) is 7.27. The zero-order valence-electron chi connectivity index (χ0n) is 12.7. The first-order chi connectivity index (χ1) is 10.4. The highest BCUT2D eigenvalue weighted by Crippen LogP contribution is 2.35. The topological polar surface area (TPSA) is 50.4 Å². The summed E-state index contributed by atoms with van der Waals surface area (Å²) in [6.07, 6.45) is -3.11. The maximum absolute atomic E-state index is 12.8. The molecule has 0 aliphatic carbocycles. The molecule has 1 aromatic carbocycles. The Morgan fingerprint density at radius 3 is 2.57 bits per heavy atom. The van der Waals surface area contributed by atoms with Crippen LogP contribution in [0.15, 0.2) is 18.2 Å². The van der Waals surface area contributed by atoms with Gasteiger partial charge in [0.2, 0.25) is 5.91 Å². The van der Waals surface area contributed by atoms with Crippen molar-refractivity contribution in [3.8, 4) is 5.75 Å². The van der Waals surface area contributed by atoms with Crippen LogP contribution >= 0.6 is 12.4 Å². The number of benzene rings is 1. The number of anilines is 1. The van der Waals surface area contributed by atoms with Crippen molar-refractivity contribution >= 4 is 24.0 Å². The molecular weight excluding hydrogens is 333 g/mol. The second-order valence-corrected chi connectivity index (χ2v) is 5.16. The first-order valence-corrected chi connectivity index (χ1v) is 7.27. The van der Waals surface area contributed by atoms with Gasteiger partial charge < -0.3 is 15.4 Å². The predicted octanol–water partition coefficient (Wildman–Crippen LogP) is 3.46. The maximum Gasteiger partial charge on any atom is 0.416 e. The van der Waals surface area contributed by atoms with Gasteiger partial charge >= 0.3 is 6.18 Å². The maximum atomic E-state index is 12.8. The van der Waals surface area contributed by atoms with Gasteiger partial charge in [0, 0.05) is 5.92 Å². The van der Waals surface area contributed by atoms with Crippen molar-refractivity contribution in [2.45, 2.75) is 25.9 Å². The average molecular weight is 353 g/mol. The molecule has 130 valence electrons. The molecule has 1 aliphatic heterocycles. The smallest absolute Gasteiger partial charge is 0.416 e. The number of alkyl halides is 3. The van der Waals surface area contributed by atoms with Crippen molar-refractivity contribution in [1.82, 2.24) is 5.32 Å². The summed E-state index contributed by atoms with van der Waals surface area (Å²) in [5.74, 6) is -0.204. The molecule has 0 bridgehead atoms. The summed E-state index contributed by atoms with van der Waals surface area (Å²) in [6, 6.07) is 3.11. The minimum Gasteiger partial charge on any atom is -0.492 e. The number of carbonyl (C=O) groups is 1. The van der Waals surface area contributed by atoms with E-state index in [2.05, 4.69) is 10.6 Å². The van der Waals surface area contributed by atoms with Gasteiger partial charge in [-0.15, -0.1) is 12.4 Å². The highest BCUT2D eigenvalue weighted by Gasteiger charge is 2.31. The summed E-state index contributed by atoms with van der Waals surface area (Å²) in [7, 11) is 0. The lowest BCUT2D eigenvalue weighted by Gasteiger charge is -2.22. The highest BCUT2D eigenvalue weighted by molar-refractivity contribution is 5.94. The van der Waals surface area contributed by atoms with E-state index in [9.17, 15) is 18.0 Å². The minimum absolute atomic E-state index is 0. The van der Waals surface area contributed by atoms with Crippen molar-refractivity contribution in [2.75, 3.05) is 25.0 Å². The van der Waals surface area contributed by atoms with Crippen LogP contribution in [0, 0.1) is 5.92 Å². The van der Waals surface area contributed by atoms with Gasteiger partial charge in [0.05, 0.1) is 17.9 Å². The monoisotopic (exact) mass is 352 g/mol. The SMILES string of the molecule is CCOc1ccc(C(F)(F)F)cc1NC(=O)C1CCNCC1.Cl. The zero-order valence-corrected chi connectivity index (χ0v) is 13.5. The van der Waals surface area contributed by atoms with Crippen molar-refractivity contribution in [3.63, 3.8) is 0 Å². The van der Waals surface area contributed by atoms with Gasteiger partial charge in [-0.1, -0.05) is 0 Å². The third-order valence-electron chi connectivity index (χ3n) is 3.57. The number of piperidine rings is 1. The summed E-state index contributed by atoms with van der Waals surface area (Å²) in [5.41, 5.74) is -0.739. The molecule has 0 radical (unpaired) electrons. The second kappa shape index (κ2) is 8.40. The van der Waals surface area contributed by atoms with Gasteiger partial charge in [-0.05, 0) is 51.1 Å². The van der Waals surface area contributed by atoms with Crippen molar-refractivity contribution < 1.29 is 22.7 Å². The van der Waals surface area contributed by atoms with Crippen LogP contribution in [0.3, 0.4) is 0 Å². The van der Waals surface area contributed by atoms with Crippen LogP contribution < -0.4 is 15.4 Å². The highest BCUT2D eigenvalue weighted by atomic mass is 35.5. The van der Waals surface area contributed by atoms with Gasteiger partial charge in [-0.25, -0.2) is 0 Å². The zero-order chi connectivity index (χ0) is 16.2. The number of halogens is 4.